The number of benzene rings is 3. The molecule has 3 aromatic carbocycles. The molecule has 0 aliphatic carbocycles. The van der Waals surface area contributed by atoms with Gasteiger partial charge in [-0.15, -0.1) is 10.2 Å². The third kappa shape index (κ3) is 2.42. The standard InChI is InChI=1S/C20H14BrN5/c21-17-7-3-1-5-14(17)12-26-18-8-4-2-6-15(18)16-11-13(9-10-19(16)26)20-22-24-25-23-20/h1-11H,12H2,(H,22,23,24,25). The number of aromatic amines is 1. The summed E-state index contributed by atoms with van der Waals surface area (Å²) < 4.78 is 3.47. The van der Waals surface area contributed by atoms with E-state index in [1.807, 2.05) is 12.1 Å². The molecule has 0 spiro atoms. The molecule has 2 heterocycles. The second kappa shape index (κ2) is 6.07. The first-order chi connectivity index (χ1) is 12.8. The molecule has 0 bridgehead atoms. The number of nitrogens with zero attached hydrogens (tertiary/aromatic N) is 4. The van der Waals surface area contributed by atoms with Gasteiger partial charge in [0.1, 0.15) is 0 Å². The number of aromatic nitrogens is 5. The maximum atomic E-state index is 4.10. The Morgan fingerprint density at radius 2 is 1.69 bits per heavy atom. The van der Waals surface area contributed by atoms with Crippen LogP contribution in [-0.2, 0) is 6.54 Å². The Kier molecular flexibility index (Phi) is 3.57. The minimum atomic E-state index is 0.606. The summed E-state index contributed by atoms with van der Waals surface area (Å²) in [6, 6.07) is 23.1. The largest absolute Gasteiger partial charge is 0.336 e. The van der Waals surface area contributed by atoms with E-state index < -0.39 is 0 Å². The van der Waals surface area contributed by atoms with E-state index in [4.69, 9.17) is 0 Å². The number of halogens is 1. The van der Waals surface area contributed by atoms with E-state index in [1.165, 1.54) is 27.4 Å². The summed E-state index contributed by atoms with van der Waals surface area (Å²) in [5.74, 6) is 0.606. The lowest BCUT2D eigenvalue weighted by atomic mass is 10.1. The van der Waals surface area contributed by atoms with Crippen LogP contribution in [0, 0.1) is 0 Å². The molecule has 5 rings (SSSR count). The number of fused-ring (bicyclic) bond motifs is 3. The zero-order chi connectivity index (χ0) is 17.5. The third-order valence-corrected chi connectivity index (χ3v) is 5.44. The zero-order valence-corrected chi connectivity index (χ0v) is 15.3. The van der Waals surface area contributed by atoms with Crippen molar-refractivity contribution in [3.8, 4) is 11.4 Å². The highest BCUT2D eigenvalue weighted by Gasteiger charge is 2.13. The van der Waals surface area contributed by atoms with Gasteiger partial charge in [-0.3, -0.25) is 0 Å². The first-order valence-electron chi connectivity index (χ1n) is 8.29. The van der Waals surface area contributed by atoms with Crippen LogP contribution in [0.25, 0.3) is 33.2 Å². The van der Waals surface area contributed by atoms with Crippen molar-refractivity contribution in [3.05, 3.63) is 76.8 Å². The quantitative estimate of drug-likeness (QED) is 0.471. The van der Waals surface area contributed by atoms with Gasteiger partial charge in [-0.05, 0) is 41.1 Å². The second-order valence-corrected chi connectivity index (χ2v) is 7.02. The fourth-order valence-corrected chi connectivity index (χ4v) is 3.85. The molecule has 5 nitrogen and oxygen atoms in total. The Hall–Kier alpha value is -2.99. The van der Waals surface area contributed by atoms with Crippen LogP contribution in [0.2, 0.25) is 0 Å². The van der Waals surface area contributed by atoms with Crippen LogP contribution in [-0.4, -0.2) is 25.2 Å². The van der Waals surface area contributed by atoms with Gasteiger partial charge < -0.3 is 4.57 Å². The molecular formula is C20H14BrN5. The smallest absolute Gasteiger partial charge is 0.204 e. The van der Waals surface area contributed by atoms with E-state index in [9.17, 15) is 0 Å². The molecule has 0 atom stereocenters. The van der Waals surface area contributed by atoms with Crippen molar-refractivity contribution in [2.45, 2.75) is 6.54 Å². The summed E-state index contributed by atoms with van der Waals surface area (Å²) in [6.45, 7) is 0.799. The minimum Gasteiger partial charge on any atom is -0.336 e. The molecule has 126 valence electrons. The molecule has 2 aromatic heterocycles. The highest BCUT2D eigenvalue weighted by Crippen LogP contribution is 2.33. The fraction of sp³-hybridized carbons (Fsp3) is 0.0500. The van der Waals surface area contributed by atoms with E-state index in [-0.39, 0.29) is 0 Å². The van der Waals surface area contributed by atoms with Crippen LogP contribution in [0.3, 0.4) is 0 Å². The van der Waals surface area contributed by atoms with Crippen molar-refractivity contribution in [1.29, 1.82) is 0 Å². The zero-order valence-electron chi connectivity index (χ0n) is 13.7. The molecule has 0 saturated carbocycles. The number of H-pyrrole nitrogens is 1. The van der Waals surface area contributed by atoms with E-state index in [2.05, 4.69) is 95.7 Å². The summed E-state index contributed by atoms with van der Waals surface area (Å²) in [5.41, 5.74) is 4.60. The Balaban J connectivity index is 1.75. The first-order valence-corrected chi connectivity index (χ1v) is 9.09. The monoisotopic (exact) mass is 403 g/mol. The molecular weight excluding hydrogens is 390 g/mol. The van der Waals surface area contributed by atoms with Gasteiger partial charge in [-0.25, -0.2) is 0 Å². The van der Waals surface area contributed by atoms with Crippen molar-refractivity contribution in [2.75, 3.05) is 0 Å². The van der Waals surface area contributed by atoms with Gasteiger partial charge in [0, 0.05) is 38.4 Å². The van der Waals surface area contributed by atoms with E-state index in [0.29, 0.717) is 5.82 Å². The summed E-state index contributed by atoms with van der Waals surface area (Å²) in [7, 11) is 0. The molecule has 0 aliphatic heterocycles. The van der Waals surface area contributed by atoms with Crippen molar-refractivity contribution in [3.63, 3.8) is 0 Å². The molecule has 1 N–H and O–H groups in total. The number of nitrogens with one attached hydrogen (secondary N) is 1. The predicted molar refractivity (Wildman–Crippen MR) is 106 cm³/mol. The van der Waals surface area contributed by atoms with Crippen LogP contribution < -0.4 is 0 Å². The Morgan fingerprint density at radius 3 is 2.54 bits per heavy atom. The van der Waals surface area contributed by atoms with Gasteiger partial charge >= 0.3 is 0 Å². The molecule has 5 aromatic rings. The topological polar surface area (TPSA) is 59.4 Å². The molecule has 0 aliphatic rings. The molecule has 0 radical (unpaired) electrons. The van der Waals surface area contributed by atoms with Crippen LogP contribution in [0.1, 0.15) is 5.56 Å². The molecule has 6 heteroatoms. The van der Waals surface area contributed by atoms with E-state index in [0.717, 1.165) is 16.6 Å². The van der Waals surface area contributed by atoms with Crippen LogP contribution in [0.15, 0.2) is 71.2 Å². The van der Waals surface area contributed by atoms with Gasteiger partial charge in [0.2, 0.25) is 5.82 Å². The molecule has 0 amide bonds. The molecule has 26 heavy (non-hydrogen) atoms. The first kappa shape index (κ1) is 15.3. The lowest BCUT2D eigenvalue weighted by Gasteiger charge is -2.09. The van der Waals surface area contributed by atoms with Gasteiger partial charge in [0.25, 0.3) is 0 Å². The SMILES string of the molecule is Brc1ccccc1Cn1c2ccccc2c2cc(-c3nn[nH]n3)ccc21. The summed E-state index contributed by atoms with van der Waals surface area (Å²) >= 11 is 3.67. The number of hydrogen-bond donors (Lipinski definition) is 1. The molecule has 0 unspecified atom stereocenters. The predicted octanol–water partition coefficient (Wildman–Crippen LogP) is 4.79. The highest BCUT2D eigenvalue weighted by molar-refractivity contribution is 9.10. The summed E-state index contributed by atoms with van der Waals surface area (Å²) in [4.78, 5) is 0. The van der Waals surface area contributed by atoms with Crippen LogP contribution in [0.5, 0.6) is 0 Å². The Morgan fingerprint density at radius 1 is 0.885 bits per heavy atom. The Bertz CT molecular complexity index is 1220. The normalized spacial score (nSPS) is 11.4. The second-order valence-electron chi connectivity index (χ2n) is 6.16. The van der Waals surface area contributed by atoms with E-state index in [1.54, 1.807) is 0 Å². The van der Waals surface area contributed by atoms with Crippen molar-refractivity contribution < 1.29 is 0 Å². The number of tetrazole rings is 1. The van der Waals surface area contributed by atoms with Gasteiger partial charge in [0.15, 0.2) is 0 Å². The van der Waals surface area contributed by atoms with Gasteiger partial charge in [-0.2, -0.15) is 5.21 Å². The fourth-order valence-electron chi connectivity index (χ4n) is 3.44. The maximum Gasteiger partial charge on any atom is 0.204 e. The van der Waals surface area contributed by atoms with Crippen molar-refractivity contribution in [1.82, 2.24) is 25.2 Å². The highest BCUT2D eigenvalue weighted by atomic mass is 79.9. The number of rotatable bonds is 3. The van der Waals surface area contributed by atoms with Crippen LogP contribution in [0.4, 0.5) is 0 Å². The Labute approximate surface area is 157 Å². The number of para-hydroxylation sites is 1. The van der Waals surface area contributed by atoms with Crippen LogP contribution >= 0.6 is 15.9 Å². The summed E-state index contributed by atoms with van der Waals surface area (Å²) in [6.07, 6.45) is 0. The lowest BCUT2D eigenvalue weighted by molar-refractivity contribution is 0.865. The van der Waals surface area contributed by atoms with Crippen molar-refractivity contribution in [2.24, 2.45) is 0 Å². The lowest BCUT2D eigenvalue weighted by Crippen LogP contribution is -2.00. The van der Waals surface area contributed by atoms with Gasteiger partial charge in [-0.1, -0.05) is 52.3 Å². The van der Waals surface area contributed by atoms with E-state index >= 15 is 0 Å². The maximum absolute atomic E-state index is 4.10. The minimum absolute atomic E-state index is 0.606. The number of hydrogen-bond acceptors (Lipinski definition) is 3. The summed E-state index contributed by atoms with van der Waals surface area (Å²) in [5, 5.41) is 16.8. The third-order valence-electron chi connectivity index (χ3n) is 4.66. The molecule has 0 saturated heterocycles. The van der Waals surface area contributed by atoms with Crippen molar-refractivity contribution >= 4 is 37.7 Å². The average molecular weight is 404 g/mol. The average Bonchev–Trinajstić information content (AvgIpc) is 3.31. The molecule has 0 fully saturated rings. The van der Waals surface area contributed by atoms with Gasteiger partial charge in [0.05, 0.1) is 0 Å².